The second kappa shape index (κ2) is 6.67. The van der Waals surface area contributed by atoms with Gasteiger partial charge in [-0.1, -0.05) is 26.7 Å². The fourth-order valence-electron chi connectivity index (χ4n) is 6.59. The van der Waals surface area contributed by atoms with Gasteiger partial charge in [-0.15, -0.1) is 0 Å². The van der Waals surface area contributed by atoms with Crippen LogP contribution in [-0.4, -0.2) is 36.7 Å². The molecule has 6 unspecified atom stereocenters. The van der Waals surface area contributed by atoms with E-state index in [-0.39, 0.29) is 0 Å². The molecule has 2 saturated carbocycles. The first kappa shape index (κ1) is 16.4. The van der Waals surface area contributed by atoms with E-state index in [9.17, 15) is 0 Å². The van der Waals surface area contributed by atoms with Crippen molar-refractivity contribution in [2.24, 2.45) is 29.6 Å². The van der Waals surface area contributed by atoms with Gasteiger partial charge in [0.25, 0.3) is 0 Å². The normalized spacial score (nSPS) is 48.3. The quantitative estimate of drug-likeness (QED) is 0.730. The number of ether oxygens (including phenoxy) is 1. The molecule has 23 heavy (non-hydrogen) atoms. The highest BCUT2D eigenvalue weighted by molar-refractivity contribution is 5.01. The molecule has 4 aliphatic rings. The summed E-state index contributed by atoms with van der Waals surface area (Å²) in [5.41, 5.74) is 0. The van der Waals surface area contributed by atoms with E-state index >= 15 is 0 Å². The molecule has 0 aromatic rings. The minimum Gasteiger partial charge on any atom is -0.374 e. The van der Waals surface area contributed by atoms with E-state index in [1.807, 2.05) is 0 Å². The molecule has 2 aliphatic carbocycles. The van der Waals surface area contributed by atoms with Crippen LogP contribution in [0.1, 0.15) is 71.6 Å². The maximum atomic E-state index is 6.84. The maximum Gasteiger partial charge on any atom is 0.0653 e. The Morgan fingerprint density at radius 1 is 0.870 bits per heavy atom. The maximum absolute atomic E-state index is 6.84. The Hall–Kier alpha value is -0.0800. The Morgan fingerprint density at radius 2 is 1.70 bits per heavy atom. The molecule has 4 rings (SSSR count). The number of nitrogens with zero attached hydrogens (tertiary/aromatic N) is 1. The van der Waals surface area contributed by atoms with E-state index < -0.39 is 0 Å². The molecule has 2 aliphatic heterocycles. The largest absolute Gasteiger partial charge is 0.374 e. The van der Waals surface area contributed by atoms with Crippen LogP contribution in [0.15, 0.2) is 0 Å². The highest BCUT2D eigenvalue weighted by Crippen LogP contribution is 2.52. The molecule has 0 N–H and O–H groups in total. The molecule has 0 spiro atoms. The fraction of sp³-hybridized carbons (Fsp3) is 1.00. The van der Waals surface area contributed by atoms with Gasteiger partial charge in [0.2, 0.25) is 0 Å². The lowest BCUT2D eigenvalue weighted by molar-refractivity contribution is -0.0608. The van der Waals surface area contributed by atoms with Crippen molar-refractivity contribution in [1.82, 2.24) is 4.90 Å². The molecule has 0 bridgehead atoms. The SMILES string of the molecule is CC(C)C1CCC2C(C1)OC1C2CCC[C@@H]1C1CCCCN1C. The highest BCUT2D eigenvalue weighted by atomic mass is 16.5. The van der Waals surface area contributed by atoms with E-state index in [0.29, 0.717) is 12.2 Å². The number of hydrogen-bond donors (Lipinski definition) is 0. The molecule has 2 saturated heterocycles. The summed E-state index contributed by atoms with van der Waals surface area (Å²) in [7, 11) is 2.37. The van der Waals surface area contributed by atoms with Gasteiger partial charge in [-0.25, -0.2) is 0 Å². The average Bonchev–Trinajstić information content (AvgIpc) is 2.93. The zero-order valence-corrected chi connectivity index (χ0v) is 15.5. The molecule has 0 radical (unpaired) electrons. The number of fused-ring (bicyclic) bond motifs is 3. The van der Waals surface area contributed by atoms with E-state index in [2.05, 4.69) is 25.8 Å². The van der Waals surface area contributed by atoms with Crippen molar-refractivity contribution in [3.63, 3.8) is 0 Å². The summed E-state index contributed by atoms with van der Waals surface area (Å²) in [6.07, 6.45) is 14.0. The summed E-state index contributed by atoms with van der Waals surface area (Å²) in [5, 5.41) is 0. The first-order chi connectivity index (χ1) is 11.1. The van der Waals surface area contributed by atoms with Crippen LogP contribution >= 0.6 is 0 Å². The molecular formula is C21H37NO. The Balaban J connectivity index is 1.49. The summed E-state index contributed by atoms with van der Waals surface area (Å²) in [4.78, 5) is 2.67. The van der Waals surface area contributed by atoms with Gasteiger partial charge in [0.1, 0.15) is 0 Å². The van der Waals surface area contributed by atoms with Crippen molar-refractivity contribution >= 4 is 0 Å². The Bertz CT molecular complexity index is 409. The Labute approximate surface area is 143 Å². The lowest BCUT2D eigenvalue weighted by Gasteiger charge is -2.44. The second-order valence-corrected chi connectivity index (χ2v) is 9.42. The van der Waals surface area contributed by atoms with Gasteiger partial charge in [0.15, 0.2) is 0 Å². The highest BCUT2D eigenvalue weighted by Gasteiger charge is 2.52. The number of likely N-dealkylation sites (tertiary alicyclic amines) is 1. The number of piperidine rings is 1. The molecule has 2 heteroatoms. The summed E-state index contributed by atoms with van der Waals surface area (Å²) in [6.45, 7) is 6.13. The average molecular weight is 320 g/mol. The van der Waals surface area contributed by atoms with Gasteiger partial charge in [-0.2, -0.15) is 0 Å². The van der Waals surface area contributed by atoms with Crippen LogP contribution in [0.5, 0.6) is 0 Å². The lowest BCUT2D eigenvalue weighted by atomic mass is 9.66. The summed E-state index contributed by atoms with van der Waals surface area (Å²) < 4.78 is 6.84. The molecule has 132 valence electrons. The number of hydrogen-bond acceptors (Lipinski definition) is 2. The minimum atomic E-state index is 0.593. The van der Waals surface area contributed by atoms with Crippen molar-refractivity contribution in [3.8, 4) is 0 Å². The van der Waals surface area contributed by atoms with E-state index in [0.717, 1.165) is 35.6 Å². The van der Waals surface area contributed by atoms with Gasteiger partial charge in [-0.3, -0.25) is 0 Å². The Morgan fingerprint density at radius 3 is 2.48 bits per heavy atom. The van der Waals surface area contributed by atoms with Crippen LogP contribution in [0.2, 0.25) is 0 Å². The van der Waals surface area contributed by atoms with Gasteiger partial charge in [0, 0.05) is 12.0 Å². The summed E-state index contributed by atoms with van der Waals surface area (Å²) >= 11 is 0. The predicted molar refractivity (Wildman–Crippen MR) is 95.4 cm³/mol. The van der Waals surface area contributed by atoms with Crippen LogP contribution in [0.25, 0.3) is 0 Å². The first-order valence-electron chi connectivity index (χ1n) is 10.5. The van der Waals surface area contributed by atoms with Gasteiger partial charge >= 0.3 is 0 Å². The van der Waals surface area contributed by atoms with Crippen LogP contribution in [0, 0.1) is 29.6 Å². The first-order valence-corrected chi connectivity index (χ1v) is 10.5. The zero-order chi connectivity index (χ0) is 16.0. The smallest absolute Gasteiger partial charge is 0.0653 e. The molecule has 2 nitrogen and oxygen atoms in total. The van der Waals surface area contributed by atoms with Crippen molar-refractivity contribution in [2.75, 3.05) is 13.6 Å². The fourth-order valence-corrected chi connectivity index (χ4v) is 6.59. The van der Waals surface area contributed by atoms with Crippen molar-refractivity contribution in [1.29, 1.82) is 0 Å². The molecule has 0 amide bonds. The predicted octanol–water partition coefficient (Wildman–Crippen LogP) is 4.73. The van der Waals surface area contributed by atoms with Crippen LogP contribution < -0.4 is 0 Å². The second-order valence-electron chi connectivity index (χ2n) is 9.42. The van der Waals surface area contributed by atoms with E-state index in [1.54, 1.807) is 0 Å². The third-order valence-corrected chi connectivity index (χ3v) is 7.95. The monoisotopic (exact) mass is 319 g/mol. The number of rotatable bonds is 2. The van der Waals surface area contributed by atoms with Crippen molar-refractivity contribution < 1.29 is 4.74 Å². The molecule has 2 heterocycles. The van der Waals surface area contributed by atoms with Crippen molar-refractivity contribution in [2.45, 2.75) is 89.9 Å². The summed E-state index contributed by atoms with van der Waals surface area (Å²) in [6, 6.07) is 0.803. The Kier molecular flexibility index (Phi) is 4.75. The minimum absolute atomic E-state index is 0.593. The molecule has 0 aromatic carbocycles. The van der Waals surface area contributed by atoms with E-state index in [4.69, 9.17) is 4.74 Å². The third kappa shape index (κ3) is 2.99. The molecule has 7 atom stereocenters. The molecule has 4 fully saturated rings. The standard InChI is InChI=1S/C21H37NO/c1-14(2)15-10-11-16-17-7-6-8-18(21(17)23-20(16)13-15)19-9-4-5-12-22(19)3/h14-21H,4-13H2,1-3H3/t15?,16?,17?,18-,19?,20?,21?/m1/s1. The zero-order valence-electron chi connectivity index (χ0n) is 15.5. The van der Waals surface area contributed by atoms with Gasteiger partial charge in [0.05, 0.1) is 12.2 Å². The van der Waals surface area contributed by atoms with Crippen LogP contribution in [-0.2, 0) is 4.74 Å². The van der Waals surface area contributed by atoms with Crippen molar-refractivity contribution in [3.05, 3.63) is 0 Å². The molecular weight excluding hydrogens is 282 g/mol. The van der Waals surface area contributed by atoms with E-state index in [1.165, 1.54) is 64.3 Å². The lowest BCUT2D eigenvalue weighted by Crippen LogP contribution is -2.48. The molecule has 0 aromatic heterocycles. The van der Waals surface area contributed by atoms with Gasteiger partial charge in [-0.05, 0) is 82.2 Å². The van der Waals surface area contributed by atoms with Crippen LogP contribution in [0.3, 0.4) is 0 Å². The third-order valence-electron chi connectivity index (χ3n) is 7.95. The summed E-state index contributed by atoms with van der Waals surface area (Å²) in [5.74, 6) is 4.35. The van der Waals surface area contributed by atoms with Crippen LogP contribution in [0.4, 0.5) is 0 Å². The van der Waals surface area contributed by atoms with Gasteiger partial charge < -0.3 is 9.64 Å². The topological polar surface area (TPSA) is 12.5 Å².